The molecule has 0 unspecified atom stereocenters. The van der Waals surface area contributed by atoms with Crippen molar-refractivity contribution >= 4 is 5.78 Å². The van der Waals surface area contributed by atoms with Gasteiger partial charge in [0.1, 0.15) is 6.10 Å². The predicted molar refractivity (Wildman–Crippen MR) is 52.5 cm³/mol. The maximum absolute atomic E-state index is 11.5. The Bertz CT molecular complexity index is 220. The number of rotatable bonds is 2. The minimum absolute atomic E-state index is 0.103. The Balaban J connectivity index is 2.68. The van der Waals surface area contributed by atoms with Crippen LogP contribution in [0.2, 0.25) is 0 Å². The van der Waals surface area contributed by atoms with Crippen molar-refractivity contribution in [3.05, 3.63) is 12.2 Å². The Hall–Kier alpha value is -0.630. The van der Waals surface area contributed by atoms with E-state index in [4.69, 9.17) is 4.74 Å². The third-order valence-electron chi connectivity index (χ3n) is 3.02. The lowest BCUT2D eigenvalue weighted by Gasteiger charge is -2.12. The zero-order valence-corrected chi connectivity index (χ0v) is 8.78. The number of hydrogen-bond donors (Lipinski definition) is 0. The highest BCUT2D eigenvalue weighted by atomic mass is 16.5. The second-order valence-corrected chi connectivity index (χ2v) is 3.88. The van der Waals surface area contributed by atoms with Crippen LogP contribution < -0.4 is 0 Å². The van der Waals surface area contributed by atoms with Crippen LogP contribution in [0.1, 0.15) is 27.7 Å². The molecule has 1 heterocycles. The predicted octanol–water partition coefficient (Wildman–Crippen LogP) is 2.19. The van der Waals surface area contributed by atoms with Gasteiger partial charge in [0, 0.05) is 0 Å². The highest BCUT2D eigenvalue weighted by Crippen LogP contribution is 2.32. The SMILES string of the molecule is C/C=C/C(=O)[C@H]1O[C@@H](C)[C@H](C)[C@@H]1C. The van der Waals surface area contributed by atoms with Crippen molar-refractivity contribution in [2.24, 2.45) is 11.8 Å². The van der Waals surface area contributed by atoms with Crippen molar-refractivity contribution in [1.82, 2.24) is 0 Å². The molecule has 0 N–H and O–H groups in total. The van der Waals surface area contributed by atoms with E-state index in [1.807, 2.05) is 13.8 Å². The third-order valence-corrected chi connectivity index (χ3v) is 3.02. The van der Waals surface area contributed by atoms with Crippen molar-refractivity contribution in [2.75, 3.05) is 0 Å². The van der Waals surface area contributed by atoms with Crippen molar-refractivity contribution < 1.29 is 9.53 Å². The van der Waals surface area contributed by atoms with Gasteiger partial charge in [0.15, 0.2) is 5.78 Å². The molecule has 0 aromatic carbocycles. The van der Waals surface area contributed by atoms with Gasteiger partial charge in [0.25, 0.3) is 0 Å². The Morgan fingerprint density at radius 1 is 1.23 bits per heavy atom. The van der Waals surface area contributed by atoms with Crippen molar-refractivity contribution in [3.63, 3.8) is 0 Å². The summed E-state index contributed by atoms with van der Waals surface area (Å²) in [6.07, 6.45) is 3.35. The molecule has 0 aliphatic carbocycles. The molecule has 1 aliphatic heterocycles. The molecule has 13 heavy (non-hydrogen) atoms. The van der Waals surface area contributed by atoms with Gasteiger partial charge in [-0.25, -0.2) is 0 Å². The lowest BCUT2D eigenvalue weighted by Crippen LogP contribution is -2.24. The molecule has 1 aliphatic rings. The van der Waals surface area contributed by atoms with Crippen molar-refractivity contribution in [3.8, 4) is 0 Å². The van der Waals surface area contributed by atoms with Crippen LogP contribution in [0.5, 0.6) is 0 Å². The summed E-state index contributed by atoms with van der Waals surface area (Å²) < 4.78 is 5.60. The van der Waals surface area contributed by atoms with Crippen LogP contribution >= 0.6 is 0 Å². The van der Waals surface area contributed by atoms with E-state index < -0.39 is 0 Å². The Morgan fingerprint density at radius 2 is 1.85 bits per heavy atom. The summed E-state index contributed by atoms with van der Waals surface area (Å²) in [6, 6.07) is 0. The Morgan fingerprint density at radius 3 is 2.23 bits per heavy atom. The number of carbonyl (C=O) groups excluding carboxylic acids is 1. The Kier molecular flexibility index (Phi) is 3.26. The molecular weight excluding hydrogens is 164 g/mol. The summed E-state index contributed by atoms with van der Waals surface area (Å²) in [4.78, 5) is 11.5. The second-order valence-electron chi connectivity index (χ2n) is 3.88. The van der Waals surface area contributed by atoms with E-state index in [1.54, 1.807) is 12.2 Å². The molecule has 2 nitrogen and oxygen atoms in total. The van der Waals surface area contributed by atoms with Crippen LogP contribution in [-0.2, 0) is 9.53 Å². The first-order chi connectivity index (χ1) is 6.07. The van der Waals surface area contributed by atoms with E-state index in [1.165, 1.54) is 0 Å². The molecule has 0 saturated carbocycles. The molecule has 0 aromatic rings. The summed E-state index contributed by atoms with van der Waals surface area (Å²) >= 11 is 0. The second kappa shape index (κ2) is 4.05. The van der Waals surface area contributed by atoms with E-state index in [0.29, 0.717) is 11.8 Å². The lowest BCUT2D eigenvalue weighted by molar-refractivity contribution is -0.125. The first-order valence-corrected chi connectivity index (χ1v) is 4.90. The molecule has 0 bridgehead atoms. The molecule has 1 rings (SSSR count). The monoisotopic (exact) mass is 182 g/mol. The minimum Gasteiger partial charge on any atom is -0.367 e. The maximum Gasteiger partial charge on any atom is 0.184 e. The van der Waals surface area contributed by atoms with Crippen LogP contribution in [0.15, 0.2) is 12.2 Å². The number of carbonyl (C=O) groups is 1. The molecule has 0 radical (unpaired) electrons. The fraction of sp³-hybridized carbons (Fsp3) is 0.727. The molecule has 0 aromatic heterocycles. The van der Waals surface area contributed by atoms with Crippen LogP contribution in [0, 0.1) is 11.8 Å². The van der Waals surface area contributed by atoms with Gasteiger partial charge in [-0.05, 0) is 31.8 Å². The fourth-order valence-corrected chi connectivity index (χ4v) is 1.77. The first kappa shape index (κ1) is 10.5. The smallest absolute Gasteiger partial charge is 0.184 e. The van der Waals surface area contributed by atoms with Crippen molar-refractivity contribution in [1.29, 1.82) is 0 Å². The summed E-state index contributed by atoms with van der Waals surface area (Å²) in [7, 11) is 0. The maximum atomic E-state index is 11.5. The quantitative estimate of drug-likeness (QED) is 0.612. The summed E-state index contributed by atoms with van der Waals surface area (Å²) in [5.74, 6) is 0.907. The highest BCUT2D eigenvalue weighted by Gasteiger charge is 2.39. The van der Waals surface area contributed by atoms with E-state index in [9.17, 15) is 4.79 Å². The van der Waals surface area contributed by atoms with Crippen LogP contribution in [0.3, 0.4) is 0 Å². The average molecular weight is 182 g/mol. The van der Waals surface area contributed by atoms with Gasteiger partial charge in [0.2, 0.25) is 0 Å². The zero-order valence-electron chi connectivity index (χ0n) is 8.78. The van der Waals surface area contributed by atoms with Crippen LogP contribution in [0.4, 0.5) is 0 Å². The van der Waals surface area contributed by atoms with Gasteiger partial charge >= 0.3 is 0 Å². The highest BCUT2D eigenvalue weighted by molar-refractivity contribution is 5.93. The average Bonchev–Trinajstić information content (AvgIpc) is 2.33. The van der Waals surface area contributed by atoms with Crippen molar-refractivity contribution in [2.45, 2.75) is 39.9 Å². The third kappa shape index (κ3) is 1.99. The van der Waals surface area contributed by atoms with Gasteiger partial charge in [-0.15, -0.1) is 0 Å². The van der Waals surface area contributed by atoms with E-state index >= 15 is 0 Å². The molecule has 1 fully saturated rings. The minimum atomic E-state index is -0.221. The van der Waals surface area contributed by atoms with Gasteiger partial charge < -0.3 is 4.74 Å². The largest absolute Gasteiger partial charge is 0.367 e. The molecule has 74 valence electrons. The molecule has 0 amide bonds. The molecule has 2 heteroatoms. The van der Waals surface area contributed by atoms with E-state index in [2.05, 4.69) is 13.8 Å². The normalized spacial score (nSPS) is 40.0. The molecular formula is C11H18O2. The van der Waals surface area contributed by atoms with Gasteiger partial charge in [-0.2, -0.15) is 0 Å². The fourth-order valence-electron chi connectivity index (χ4n) is 1.77. The van der Waals surface area contributed by atoms with E-state index in [0.717, 1.165) is 0 Å². The molecule has 1 saturated heterocycles. The first-order valence-electron chi connectivity index (χ1n) is 4.90. The zero-order chi connectivity index (χ0) is 10.0. The lowest BCUT2D eigenvalue weighted by atomic mass is 9.89. The van der Waals surface area contributed by atoms with Gasteiger partial charge in [0.05, 0.1) is 6.10 Å². The summed E-state index contributed by atoms with van der Waals surface area (Å²) in [6.45, 7) is 8.10. The number of allylic oxidation sites excluding steroid dienone is 1. The van der Waals surface area contributed by atoms with Crippen LogP contribution in [-0.4, -0.2) is 18.0 Å². The van der Waals surface area contributed by atoms with Crippen LogP contribution in [0.25, 0.3) is 0 Å². The van der Waals surface area contributed by atoms with E-state index in [-0.39, 0.29) is 18.0 Å². The topological polar surface area (TPSA) is 26.3 Å². The number of hydrogen-bond acceptors (Lipinski definition) is 2. The number of ether oxygens (including phenoxy) is 1. The van der Waals surface area contributed by atoms with Gasteiger partial charge in [-0.3, -0.25) is 4.79 Å². The summed E-state index contributed by atoms with van der Waals surface area (Å²) in [5.41, 5.74) is 0. The Labute approximate surface area is 80.0 Å². The summed E-state index contributed by atoms with van der Waals surface area (Å²) in [5, 5.41) is 0. The van der Waals surface area contributed by atoms with Gasteiger partial charge in [-0.1, -0.05) is 19.9 Å². The molecule has 0 spiro atoms. The number of ketones is 1. The standard InChI is InChI=1S/C11H18O2/c1-5-6-10(12)11-8(3)7(2)9(4)13-11/h5-9,11H,1-4H3/b6-5+/t7-,8+,9+,11+/m1/s1. The molecule has 4 atom stereocenters.